The monoisotopic (exact) mass is 260 g/mol. The van der Waals surface area contributed by atoms with Gasteiger partial charge in [0.2, 0.25) is 0 Å². The third kappa shape index (κ3) is 2.29. The Morgan fingerprint density at radius 2 is 1.56 bits per heavy atom. The maximum Gasteiger partial charge on any atom is 0.434 e. The van der Waals surface area contributed by atoms with Crippen molar-refractivity contribution >= 4 is 0 Å². The predicted octanol–water partition coefficient (Wildman–Crippen LogP) is 3.44. The topological polar surface area (TPSA) is 25.8 Å². The molecule has 0 saturated carbocycles. The fourth-order valence-corrected chi connectivity index (χ4v) is 1.37. The molecule has 7 heteroatoms. The molecule has 2 rings (SSSR count). The van der Waals surface area contributed by atoms with Gasteiger partial charge in [0.05, 0.1) is 23.7 Å². The van der Waals surface area contributed by atoms with Crippen LogP contribution in [0.3, 0.4) is 0 Å². The maximum absolute atomic E-state index is 13.4. The Bertz CT molecular complexity index is 560. The standard InChI is InChI=1S/C11H5F5N2/c12-6-2-1-3-7(13)10(6)8-4-17-5-9(18-8)11(14,15)16/h1-5H. The van der Waals surface area contributed by atoms with Crippen LogP contribution in [0.2, 0.25) is 0 Å². The van der Waals surface area contributed by atoms with Crippen molar-refractivity contribution in [3.63, 3.8) is 0 Å². The van der Waals surface area contributed by atoms with Gasteiger partial charge in [0.1, 0.15) is 11.6 Å². The predicted molar refractivity (Wildman–Crippen MR) is 52.4 cm³/mol. The van der Waals surface area contributed by atoms with Crippen LogP contribution in [0, 0.1) is 11.6 Å². The highest BCUT2D eigenvalue weighted by molar-refractivity contribution is 5.59. The third-order valence-corrected chi connectivity index (χ3v) is 2.14. The minimum Gasteiger partial charge on any atom is -0.260 e. The summed E-state index contributed by atoms with van der Waals surface area (Å²) in [6, 6.07) is 2.97. The van der Waals surface area contributed by atoms with Gasteiger partial charge in [-0.05, 0) is 12.1 Å². The van der Waals surface area contributed by atoms with Crippen molar-refractivity contribution in [2.45, 2.75) is 6.18 Å². The second-order valence-corrected chi connectivity index (χ2v) is 3.38. The second kappa shape index (κ2) is 4.32. The minimum atomic E-state index is -4.72. The highest BCUT2D eigenvalue weighted by Gasteiger charge is 2.33. The zero-order valence-corrected chi connectivity index (χ0v) is 8.67. The molecular formula is C11H5F5N2. The Morgan fingerprint density at radius 1 is 0.944 bits per heavy atom. The van der Waals surface area contributed by atoms with Crippen molar-refractivity contribution in [3.05, 3.63) is 47.9 Å². The Kier molecular flexibility index (Phi) is 2.98. The summed E-state index contributed by atoms with van der Waals surface area (Å²) in [4.78, 5) is 6.46. The molecule has 0 aliphatic rings. The molecule has 0 unspecified atom stereocenters. The van der Waals surface area contributed by atoms with E-state index in [0.717, 1.165) is 24.4 Å². The largest absolute Gasteiger partial charge is 0.434 e. The molecule has 18 heavy (non-hydrogen) atoms. The van der Waals surface area contributed by atoms with Crippen LogP contribution < -0.4 is 0 Å². The first kappa shape index (κ1) is 12.4. The van der Waals surface area contributed by atoms with Crippen molar-refractivity contribution in [2.24, 2.45) is 0 Å². The van der Waals surface area contributed by atoms with Gasteiger partial charge in [-0.3, -0.25) is 4.98 Å². The van der Waals surface area contributed by atoms with Crippen LogP contribution in [-0.2, 0) is 6.18 Å². The van der Waals surface area contributed by atoms with Gasteiger partial charge in [0.25, 0.3) is 0 Å². The molecule has 0 aliphatic carbocycles. The molecule has 94 valence electrons. The van der Waals surface area contributed by atoms with Crippen LogP contribution in [0.5, 0.6) is 0 Å². The molecule has 0 radical (unpaired) electrons. The molecule has 0 fully saturated rings. The number of rotatable bonds is 1. The van der Waals surface area contributed by atoms with E-state index in [2.05, 4.69) is 9.97 Å². The number of aromatic nitrogens is 2. The average molecular weight is 260 g/mol. The normalized spacial score (nSPS) is 11.6. The van der Waals surface area contributed by atoms with Crippen LogP contribution >= 0.6 is 0 Å². The lowest BCUT2D eigenvalue weighted by molar-refractivity contribution is -0.141. The van der Waals surface area contributed by atoms with E-state index in [1.165, 1.54) is 0 Å². The van der Waals surface area contributed by atoms with E-state index in [0.29, 0.717) is 6.20 Å². The first-order valence-electron chi connectivity index (χ1n) is 4.73. The number of nitrogens with zero attached hydrogens (tertiary/aromatic N) is 2. The fraction of sp³-hybridized carbons (Fsp3) is 0.0909. The lowest BCUT2D eigenvalue weighted by Gasteiger charge is -2.08. The zero-order valence-electron chi connectivity index (χ0n) is 8.67. The van der Waals surface area contributed by atoms with E-state index in [9.17, 15) is 22.0 Å². The van der Waals surface area contributed by atoms with Crippen LogP contribution in [0.15, 0.2) is 30.6 Å². The summed E-state index contributed by atoms with van der Waals surface area (Å²) in [7, 11) is 0. The first-order valence-corrected chi connectivity index (χ1v) is 4.73. The molecule has 0 amide bonds. The van der Waals surface area contributed by atoms with E-state index in [-0.39, 0.29) is 0 Å². The molecule has 2 aromatic rings. The molecule has 1 heterocycles. The Hall–Kier alpha value is -2.05. The summed E-state index contributed by atoms with van der Waals surface area (Å²) in [5, 5.41) is 0. The van der Waals surface area contributed by atoms with Gasteiger partial charge < -0.3 is 0 Å². The molecule has 1 aromatic heterocycles. The Balaban J connectivity index is 2.59. The summed E-state index contributed by atoms with van der Waals surface area (Å²) < 4.78 is 63.9. The lowest BCUT2D eigenvalue weighted by atomic mass is 10.1. The van der Waals surface area contributed by atoms with Crippen LogP contribution in [0.4, 0.5) is 22.0 Å². The van der Waals surface area contributed by atoms with Crippen molar-refractivity contribution in [1.29, 1.82) is 0 Å². The van der Waals surface area contributed by atoms with Crippen molar-refractivity contribution < 1.29 is 22.0 Å². The fourth-order valence-electron chi connectivity index (χ4n) is 1.37. The summed E-state index contributed by atoms with van der Waals surface area (Å²) in [5.74, 6) is -1.99. The van der Waals surface area contributed by atoms with Gasteiger partial charge in [0.15, 0.2) is 5.69 Å². The number of alkyl halides is 3. The van der Waals surface area contributed by atoms with E-state index in [1.54, 1.807) is 0 Å². The van der Waals surface area contributed by atoms with Crippen LogP contribution in [0.1, 0.15) is 5.69 Å². The van der Waals surface area contributed by atoms with Crippen LogP contribution in [0.25, 0.3) is 11.3 Å². The number of benzene rings is 1. The average Bonchev–Trinajstić information content (AvgIpc) is 2.28. The third-order valence-electron chi connectivity index (χ3n) is 2.14. The first-order chi connectivity index (χ1) is 8.39. The number of halogens is 5. The molecule has 0 saturated heterocycles. The second-order valence-electron chi connectivity index (χ2n) is 3.38. The Morgan fingerprint density at radius 3 is 2.11 bits per heavy atom. The molecule has 2 nitrogen and oxygen atoms in total. The van der Waals surface area contributed by atoms with Gasteiger partial charge in [-0.25, -0.2) is 13.8 Å². The van der Waals surface area contributed by atoms with Crippen molar-refractivity contribution in [2.75, 3.05) is 0 Å². The Labute approximate surface area is 98.1 Å². The molecule has 0 bridgehead atoms. The smallest absolute Gasteiger partial charge is 0.260 e. The maximum atomic E-state index is 13.4. The van der Waals surface area contributed by atoms with Gasteiger partial charge in [-0.15, -0.1) is 0 Å². The van der Waals surface area contributed by atoms with Crippen LogP contribution in [-0.4, -0.2) is 9.97 Å². The number of hydrogen-bond donors (Lipinski definition) is 0. The van der Waals surface area contributed by atoms with Gasteiger partial charge >= 0.3 is 6.18 Å². The summed E-state index contributed by atoms with van der Waals surface area (Å²) in [6.07, 6.45) is -3.36. The molecular weight excluding hydrogens is 255 g/mol. The molecule has 1 aromatic carbocycles. The van der Waals surface area contributed by atoms with Crippen molar-refractivity contribution in [1.82, 2.24) is 9.97 Å². The SMILES string of the molecule is Fc1cccc(F)c1-c1cncc(C(F)(F)F)n1. The van der Waals surface area contributed by atoms with E-state index in [4.69, 9.17) is 0 Å². The molecule has 0 N–H and O–H groups in total. The number of hydrogen-bond acceptors (Lipinski definition) is 2. The van der Waals surface area contributed by atoms with E-state index < -0.39 is 34.8 Å². The highest BCUT2D eigenvalue weighted by Crippen LogP contribution is 2.30. The summed E-state index contributed by atoms with van der Waals surface area (Å²) in [5.41, 5.74) is -2.43. The highest BCUT2D eigenvalue weighted by atomic mass is 19.4. The van der Waals surface area contributed by atoms with E-state index in [1.807, 2.05) is 0 Å². The van der Waals surface area contributed by atoms with Crippen molar-refractivity contribution in [3.8, 4) is 11.3 Å². The molecule has 0 aliphatic heterocycles. The lowest BCUT2D eigenvalue weighted by Crippen LogP contribution is -2.09. The molecule has 0 atom stereocenters. The van der Waals surface area contributed by atoms with Gasteiger partial charge in [-0.1, -0.05) is 6.07 Å². The van der Waals surface area contributed by atoms with Gasteiger partial charge in [-0.2, -0.15) is 13.2 Å². The van der Waals surface area contributed by atoms with E-state index >= 15 is 0 Å². The summed E-state index contributed by atoms with van der Waals surface area (Å²) in [6.45, 7) is 0. The summed E-state index contributed by atoms with van der Waals surface area (Å²) >= 11 is 0. The quantitative estimate of drug-likeness (QED) is 0.734. The van der Waals surface area contributed by atoms with Gasteiger partial charge in [0, 0.05) is 0 Å². The zero-order chi connectivity index (χ0) is 13.3. The molecule has 0 spiro atoms. The minimum absolute atomic E-state index is 0.488.